The van der Waals surface area contributed by atoms with Crippen LogP contribution >= 0.6 is 0 Å². The maximum Gasteiger partial charge on any atom is 0.0300 e. The van der Waals surface area contributed by atoms with Crippen LogP contribution < -0.4 is 5.73 Å². The van der Waals surface area contributed by atoms with E-state index in [1.165, 1.54) is 47.1 Å². The first-order valence-electron chi connectivity index (χ1n) is 7.80. The fraction of sp³-hybridized carbons (Fsp3) is 0.368. The lowest BCUT2D eigenvalue weighted by Crippen LogP contribution is -2.08. The van der Waals surface area contributed by atoms with Crippen molar-refractivity contribution in [3.05, 3.63) is 59.2 Å². The van der Waals surface area contributed by atoms with Crippen molar-refractivity contribution in [1.82, 2.24) is 0 Å². The highest BCUT2D eigenvalue weighted by molar-refractivity contribution is 5.66. The molecule has 1 atom stereocenters. The van der Waals surface area contributed by atoms with Gasteiger partial charge in [0.15, 0.2) is 0 Å². The molecule has 1 saturated carbocycles. The summed E-state index contributed by atoms with van der Waals surface area (Å²) in [4.78, 5) is 0. The van der Waals surface area contributed by atoms with Crippen LogP contribution in [-0.4, -0.2) is 0 Å². The Labute approximate surface area is 120 Å². The number of hydrogen-bond acceptors (Lipinski definition) is 1. The van der Waals surface area contributed by atoms with Crippen LogP contribution in [0.2, 0.25) is 0 Å². The molecule has 0 spiro atoms. The van der Waals surface area contributed by atoms with Crippen molar-refractivity contribution >= 4 is 0 Å². The number of benzene rings is 2. The lowest BCUT2D eigenvalue weighted by atomic mass is 9.79. The Kier molecular flexibility index (Phi) is 2.89. The highest BCUT2D eigenvalue weighted by Gasteiger charge is 2.21. The minimum atomic E-state index is 0.250. The molecular formula is C19H21N. The average Bonchev–Trinajstić information content (AvgIpc) is 2.78. The van der Waals surface area contributed by atoms with E-state index in [4.69, 9.17) is 5.73 Å². The Morgan fingerprint density at radius 3 is 2.55 bits per heavy atom. The molecular weight excluding hydrogens is 242 g/mol. The van der Waals surface area contributed by atoms with Crippen LogP contribution in [0.1, 0.15) is 54.3 Å². The summed E-state index contributed by atoms with van der Waals surface area (Å²) in [6.07, 6.45) is 6.35. The van der Waals surface area contributed by atoms with Gasteiger partial charge in [0.2, 0.25) is 0 Å². The molecule has 0 aliphatic heterocycles. The minimum Gasteiger partial charge on any atom is -0.324 e. The van der Waals surface area contributed by atoms with Gasteiger partial charge in [-0.25, -0.2) is 0 Å². The summed E-state index contributed by atoms with van der Waals surface area (Å²) >= 11 is 0. The van der Waals surface area contributed by atoms with Gasteiger partial charge in [0.25, 0.3) is 0 Å². The van der Waals surface area contributed by atoms with Crippen LogP contribution in [0.25, 0.3) is 11.1 Å². The van der Waals surface area contributed by atoms with E-state index in [0.29, 0.717) is 0 Å². The molecule has 0 aromatic heterocycles. The Hall–Kier alpha value is -1.60. The average molecular weight is 263 g/mol. The monoisotopic (exact) mass is 263 g/mol. The van der Waals surface area contributed by atoms with Gasteiger partial charge in [-0.05, 0) is 59.4 Å². The molecule has 2 aromatic carbocycles. The van der Waals surface area contributed by atoms with Crippen LogP contribution in [-0.2, 0) is 6.42 Å². The summed E-state index contributed by atoms with van der Waals surface area (Å²) < 4.78 is 0. The van der Waals surface area contributed by atoms with Crippen LogP contribution in [0.4, 0.5) is 0 Å². The Morgan fingerprint density at radius 1 is 0.900 bits per heavy atom. The van der Waals surface area contributed by atoms with Gasteiger partial charge >= 0.3 is 0 Å². The van der Waals surface area contributed by atoms with Gasteiger partial charge in [0, 0.05) is 6.04 Å². The second kappa shape index (κ2) is 4.75. The quantitative estimate of drug-likeness (QED) is 0.844. The zero-order chi connectivity index (χ0) is 13.5. The van der Waals surface area contributed by atoms with E-state index < -0.39 is 0 Å². The van der Waals surface area contributed by atoms with Gasteiger partial charge < -0.3 is 5.73 Å². The maximum absolute atomic E-state index is 6.12. The summed E-state index contributed by atoms with van der Waals surface area (Å²) in [5.74, 6) is 0.804. The van der Waals surface area contributed by atoms with Crippen molar-refractivity contribution in [2.45, 2.75) is 44.1 Å². The molecule has 4 rings (SSSR count). The van der Waals surface area contributed by atoms with Crippen molar-refractivity contribution in [1.29, 1.82) is 0 Å². The first kappa shape index (κ1) is 12.2. The Morgan fingerprint density at radius 2 is 1.75 bits per heavy atom. The van der Waals surface area contributed by atoms with Crippen molar-refractivity contribution in [2.24, 2.45) is 5.73 Å². The topological polar surface area (TPSA) is 26.0 Å². The van der Waals surface area contributed by atoms with Crippen LogP contribution in [0, 0.1) is 0 Å². The van der Waals surface area contributed by atoms with E-state index in [2.05, 4.69) is 42.5 Å². The summed E-state index contributed by atoms with van der Waals surface area (Å²) in [6.45, 7) is 0. The SMILES string of the molecule is NC1CCc2cc(-c3cccc(C4CCC4)c3)ccc21. The molecule has 102 valence electrons. The van der Waals surface area contributed by atoms with Gasteiger partial charge in [0.05, 0.1) is 0 Å². The number of fused-ring (bicyclic) bond motifs is 1. The summed E-state index contributed by atoms with van der Waals surface area (Å²) in [5.41, 5.74) is 13.1. The van der Waals surface area contributed by atoms with Crippen LogP contribution in [0.5, 0.6) is 0 Å². The maximum atomic E-state index is 6.12. The predicted molar refractivity (Wildman–Crippen MR) is 83.7 cm³/mol. The molecule has 0 amide bonds. The van der Waals surface area contributed by atoms with Crippen molar-refractivity contribution in [3.8, 4) is 11.1 Å². The van der Waals surface area contributed by atoms with Crippen molar-refractivity contribution < 1.29 is 0 Å². The van der Waals surface area contributed by atoms with E-state index in [1.807, 2.05) is 0 Å². The van der Waals surface area contributed by atoms with Gasteiger partial charge in [-0.1, -0.05) is 48.9 Å². The van der Waals surface area contributed by atoms with Crippen molar-refractivity contribution in [2.75, 3.05) is 0 Å². The first-order chi connectivity index (χ1) is 9.81. The molecule has 1 unspecified atom stereocenters. The summed E-state index contributed by atoms with van der Waals surface area (Å²) in [5, 5.41) is 0. The largest absolute Gasteiger partial charge is 0.324 e. The highest BCUT2D eigenvalue weighted by Crippen LogP contribution is 2.38. The van der Waals surface area contributed by atoms with Crippen LogP contribution in [0.3, 0.4) is 0 Å². The third kappa shape index (κ3) is 1.97. The molecule has 0 bridgehead atoms. The van der Waals surface area contributed by atoms with Crippen molar-refractivity contribution in [3.63, 3.8) is 0 Å². The van der Waals surface area contributed by atoms with Gasteiger partial charge in [-0.2, -0.15) is 0 Å². The van der Waals surface area contributed by atoms with Gasteiger partial charge in [-0.15, -0.1) is 0 Å². The third-order valence-corrected chi connectivity index (χ3v) is 5.06. The normalized spacial score (nSPS) is 21.6. The Bertz CT molecular complexity index is 640. The molecule has 1 heteroatoms. The van der Waals surface area contributed by atoms with E-state index >= 15 is 0 Å². The van der Waals surface area contributed by atoms with E-state index in [1.54, 1.807) is 0 Å². The first-order valence-corrected chi connectivity index (χ1v) is 7.80. The summed E-state index contributed by atoms with van der Waals surface area (Å²) in [7, 11) is 0. The molecule has 0 heterocycles. The second-order valence-electron chi connectivity index (χ2n) is 6.31. The third-order valence-electron chi connectivity index (χ3n) is 5.06. The zero-order valence-electron chi connectivity index (χ0n) is 11.8. The molecule has 20 heavy (non-hydrogen) atoms. The molecule has 0 radical (unpaired) electrons. The minimum absolute atomic E-state index is 0.250. The zero-order valence-corrected chi connectivity index (χ0v) is 11.8. The molecule has 2 aliphatic rings. The van der Waals surface area contributed by atoms with E-state index in [9.17, 15) is 0 Å². The number of nitrogens with two attached hydrogens (primary N) is 1. The van der Waals surface area contributed by atoms with E-state index in [0.717, 1.165) is 18.8 Å². The lowest BCUT2D eigenvalue weighted by molar-refractivity contribution is 0.420. The molecule has 0 saturated heterocycles. The van der Waals surface area contributed by atoms with Gasteiger partial charge in [0.1, 0.15) is 0 Å². The molecule has 2 N–H and O–H groups in total. The van der Waals surface area contributed by atoms with Gasteiger partial charge in [-0.3, -0.25) is 0 Å². The predicted octanol–water partition coefficient (Wildman–Crippen LogP) is 4.57. The smallest absolute Gasteiger partial charge is 0.0300 e. The lowest BCUT2D eigenvalue weighted by Gasteiger charge is -2.26. The molecule has 2 aromatic rings. The standard InChI is InChI=1S/C19H21N/c20-19-10-8-17-12-16(7-9-18(17)19)15-6-2-5-14(11-15)13-3-1-4-13/h2,5-7,9,11-13,19H,1,3-4,8,10,20H2. The van der Waals surface area contributed by atoms with E-state index in [-0.39, 0.29) is 6.04 Å². The fourth-order valence-corrected chi connectivity index (χ4v) is 3.54. The summed E-state index contributed by atoms with van der Waals surface area (Å²) in [6, 6.07) is 16.2. The number of hydrogen-bond donors (Lipinski definition) is 1. The van der Waals surface area contributed by atoms with Crippen LogP contribution in [0.15, 0.2) is 42.5 Å². The second-order valence-corrected chi connectivity index (χ2v) is 6.31. The molecule has 1 nitrogen and oxygen atoms in total. The number of rotatable bonds is 2. The molecule has 2 aliphatic carbocycles. The Balaban J connectivity index is 1.70. The molecule has 1 fully saturated rings. The number of aryl methyl sites for hydroxylation is 1. The highest BCUT2D eigenvalue weighted by atomic mass is 14.6. The fourth-order valence-electron chi connectivity index (χ4n) is 3.54.